The van der Waals surface area contributed by atoms with Crippen molar-refractivity contribution >= 4 is 0 Å². The Labute approximate surface area is 126 Å². The molecule has 0 N–H and O–H groups in total. The van der Waals surface area contributed by atoms with E-state index in [1.54, 1.807) is 0 Å². The van der Waals surface area contributed by atoms with Gasteiger partial charge in [-0.15, -0.1) is 0 Å². The third kappa shape index (κ3) is 82.6. The van der Waals surface area contributed by atoms with Gasteiger partial charge in [0.1, 0.15) is 0 Å². The van der Waals surface area contributed by atoms with Crippen molar-refractivity contribution in [1.29, 1.82) is 0 Å². The molecule has 0 unspecified atom stereocenters. The molecule has 0 aromatic rings. The molecule has 0 radical (unpaired) electrons. The fourth-order valence-corrected chi connectivity index (χ4v) is 0.637. The van der Waals surface area contributed by atoms with E-state index in [4.69, 9.17) is 0 Å². The van der Waals surface area contributed by atoms with E-state index in [1.165, 1.54) is 39.0 Å². The minimum atomic E-state index is -3.95. The highest BCUT2D eigenvalue weighted by atomic mass is 19.4. The summed E-state index contributed by atoms with van der Waals surface area (Å²) in [6, 6.07) is 0. The van der Waals surface area contributed by atoms with Crippen LogP contribution in [-0.2, 0) is 0 Å². The smallest absolute Gasteiger partial charge is 0.171 e. The van der Waals surface area contributed by atoms with Gasteiger partial charge < -0.3 is 0 Å². The molecule has 0 aromatic carbocycles. The standard InChI is InChI=1S/2C5H12.C4H7F3.C3H8/c1-4-5(2)3;1-3-5-4-2;1-2-3-4(5,6)7;1-3-2/h5H,4H2,1-3H3;3-5H2,1-2H3;2-3H2,1H3;3H2,1-2H3. The highest BCUT2D eigenvalue weighted by Crippen LogP contribution is 2.20. The molecule has 0 aliphatic rings. The van der Waals surface area contributed by atoms with E-state index in [-0.39, 0.29) is 6.42 Å². The van der Waals surface area contributed by atoms with Crippen LogP contribution < -0.4 is 0 Å². The summed E-state index contributed by atoms with van der Waals surface area (Å²) in [6.07, 6.45) is 2.21. The van der Waals surface area contributed by atoms with Crippen molar-refractivity contribution < 1.29 is 13.2 Å². The van der Waals surface area contributed by atoms with Gasteiger partial charge in [-0.05, 0) is 12.3 Å². The maximum absolute atomic E-state index is 11.1. The van der Waals surface area contributed by atoms with Crippen molar-refractivity contribution in [3.63, 3.8) is 0 Å². The normalized spacial score (nSPS) is 9.60. The maximum Gasteiger partial charge on any atom is 0.389 e. The third-order valence-corrected chi connectivity index (χ3v) is 2.06. The van der Waals surface area contributed by atoms with E-state index < -0.39 is 12.6 Å². The van der Waals surface area contributed by atoms with Crippen LogP contribution in [0.3, 0.4) is 0 Å². The zero-order valence-corrected chi connectivity index (χ0v) is 15.2. The van der Waals surface area contributed by atoms with Gasteiger partial charge in [0.15, 0.2) is 0 Å². The number of rotatable bonds is 4. The van der Waals surface area contributed by atoms with Crippen molar-refractivity contribution in [2.45, 2.75) is 107 Å². The van der Waals surface area contributed by atoms with Crippen LogP contribution in [0.2, 0.25) is 0 Å². The van der Waals surface area contributed by atoms with Gasteiger partial charge in [-0.2, -0.15) is 13.2 Å². The van der Waals surface area contributed by atoms with Crippen LogP contribution in [0, 0.1) is 5.92 Å². The Morgan fingerprint density at radius 3 is 1.05 bits per heavy atom. The predicted octanol–water partition coefficient (Wildman–Crippen LogP) is 8.01. The Morgan fingerprint density at radius 2 is 1.05 bits per heavy atom. The number of halogens is 3. The third-order valence-electron chi connectivity index (χ3n) is 2.06. The molecule has 0 amide bonds. The van der Waals surface area contributed by atoms with Crippen molar-refractivity contribution in [3.05, 3.63) is 0 Å². The van der Waals surface area contributed by atoms with Gasteiger partial charge in [-0.3, -0.25) is 0 Å². The molecule has 0 atom stereocenters. The molecule has 0 aliphatic heterocycles. The van der Waals surface area contributed by atoms with Crippen LogP contribution >= 0.6 is 0 Å². The van der Waals surface area contributed by atoms with Gasteiger partial charge in [0.25, 0.3) is 0 Å². The molecular formula is C17H39F3. The van der Waals surface area contributed by atoms with E-state index in [2.05, 4.69) is 48.5 Å². The number of unbranched alkanes of at least 4 members (excludes halogenated alkanes) is 2. The zero-order chi connectivity index (χ0) is 17.0. The van der Waals surface area contributed by atoms with Crippen LogP contribution in [-0.4, -0.2) is 6.18 Å². The van der Waals surface area contributed by atoms with Crippen LogP contribution in [0.15, 0.2) is 0 Å². The summed E-state index contributed by atoms with van der Waals surface area (Å²) in [5.41, 5.74) is 0. The molecule has 0 saturated heterocycles. The average molecular weight is 300 g/mol. The Kier molecular flexibility index (Phi) is 33.4. The molecule has 0 bridgehead atoms. The molecule has 0 heterocycles. The first-order chi connectivity index (χ1) is 9.16. The second kappa shape index (κ2) is 23.9. The minimum absolute atomic E-state index is 0.184. The summed E-state index contributed by atoms with van der Waals surface area (Å²) >= 11 is 0. The topological polar surface area (TPSA) is 0 Å². The molecule has 0 spiro atoms. The van der Waals surface area contributed by atoms with E-state index in [9.17, 15) is 13.2 Å². The second-order valence-electron chi connectivity index (χ2n) is 5.23. The zero-order valence-electron chi connectivity index (χ0n) is 15.2. The Hall–Kier alpha value is -0.210. The number of alkyl halides is 3. The van der Waals surface area contributed by atoms with E-state index >= 15 is 0 Å². The van der Waals surface area contributed by atoms with Crippen molar-refractivity contribution in [1.82, 2.24) is 0 Å². The lowest BCUT2D eigenvalue weighted by atomic mass is 10.2. The monoisotopic (exact) mass is 300 g/mol. The molecule has 20 heavy (non-hydrogen) atoms. The lowest BCUT2D eigenvalue weighted by Gasteiger charge is -2.00. The molecule has 0 aromatic heterocycles. The summed E-state index contributed by atoms with van der Waals surface area (Å²) in [5.74, 6) is 0.884. The number of hydrogen-bond acceptors (Lipinski definition) is 0. The van der Waals surface area contributed by atoms with E-state index in [0.717, 1.165) is 5.92 Å². The molecule has 0 rings (SSSR count). The van der Waals surface area contributed by atoms with Gasteiger partial charge in [0.2, 0.25) is 0 Å². The first-order valence-corrected chi connectivity index (χ1v) is 8.23. The van der Waals surface area contributed by atoms with Gasteiger partial charge in [0.05, 0.1) is 0 Å². The molecule has 3 heteroatoms. The first kappa shape index (κ1) is 28.0. The summed E-state index contributed by atoms with van der Waals surface area (Å²) in [6.45, 7) is 16.8. The van der Waals surface area contributed by atoms with E-state index in [0.29, 0.717) is 0 Å². The number of hydrogen-bond donors (Lipinski definition) is 0. The fraction of sp³-hybridized carbons (Fsp3) is 1.00. The van der Waals surface area contributed by atoms with Crippen molar-refractivity contribution in [3.8, 4) is 0 Å². The maximum atomic E-state index is 11.1. The molecule has 128 valence electrons. The van der Waals surface area contributed by atoms with Gasteiger partial charge in [0, 0.05) is 6.42 Å². The lowest BCUT2D eigenvalue weighted by Crippen LogP contribution is -2.04. The van der Waals surface area contributed by atoms with Crippen LogP contribution in [0.5, 0.6) is 0 Å². The Morgan fingerprint density at radius 1 is 0.750 bits per heavy atom. The van der Waals surface area contributed by atoms with Gasteiger partial charge in [-0.1, -0.05) is 87.5 Å². The lowest BCUT2D eigenvalue weighted by molar-refractivity contribution is -0.134. The van der Waals surface area contributed by atoms with Crippen LogP contribution in [0.25, 0.3) is 0 Å². The highest BCUT2D eigenvalue weighted by molar-refractivity contribution is 4.44. The highest BCUT2D eigenvalue weighted by Gasteiger charge is 2.24. The SMILES string of the molecule is CCC.CCC(C)C.CCCC(F)(F)F.CCCCC. The Balaban J connectivity index is -0.0000000890. The Bertz CT molecular complexity index is 127. The van der Waals surface area contributed by atoms with Gasteiger partial charge >= 0.3 is 6.18 Å². The largest absolute Gasteiger partial charge is 0.389 e. The first-order valence-electron chi connectivity index (χ1n) is 8.23. The molecule has 0 fully saturated rings. The summed E-state index contributed by atoms with van der Waals surface area (Å²) < 4.78 is 33.2. The molecule has 0 aliphatic carbocycles. The van der Waals surface area contributed by atoms with Crippen LogP contribution in [0.1, 0.15) is 100 Å². The predicted molar refractivity (Wildman–Crippen MR) is 87.3 cm³/mol. The van der Waals surface area contributed by atoms with Crippen molar-refractivity contribution in [2.24, 2.45) is 5.92 Å². The second-order valence-corrected chi connectivity index (χ2v) is 5.23. The fourth-order valence-electron chi connectivity index (χ4n) is 0.637. The molecular weight excluding hydrogens is 261 g/mol. The average Bonchev–Trinajstić information content (AvgIpc) is 2.31. The van der Waals surface area contributed by atoms with Crippen LogP contribution in [0.4, 0.5) is 13.2 Å². The molecule has 0 saturated carbocycles. The molecule has 0 nitrogen and oxygen atoms in total. The summed E-state index contributed by atoms with van der Waals surface area (Å²) in [5, 5.41) is 0. The quantitative estimate of drug-likeness (QED) is 0.493. The van der Waals surface area contributed by atoms with Crippen molar-refractivity contribution in [2.75, 3.05) is 0 Å². The van der Waals surface area contributed by atoms with Gasteiger partial charge in [-0.25, -0.2) is 0 Å². The minimum Gasteiger partial charge on any atom is -0.171 e. The summed E-state index contributed by atoms with van der Waals surface area (Å²) in [4.78, 5) is 0. The van der Waals surface area contributed by atoms with E-state index in [1.807, 2.05) is 0 Å². The summed E-state index contributed by atoms with van der Waals surface area (Å²) in [7, 11) is 0.